The Morgan fingerprint density at radius 2 is 0.860 bits per heavy atom. The van der Waals surface area contributed by atoms with Crippen molar-refractivity contribution in [3.63, 3.8) is 0 Å². The second-order valence-corrected chi connectivity index (χ2v) is 18.7. The van der Waals surface area contributed by atoms with Crippen LogP contribution in [0.5, 0.6) is 0 Å². The summed E-state index contributed by atoms with van der Waals surface area (Å²) in [5.74, 6) is 0. The van der Waals surface area contributed by atoms with Crippen LogP contribution < -0.4 is 25.6 Å². The highest BCUT2D eigenvalue weighted by Gasteiger charge is 2.51. The van der Waals surface area contributed by atoms with Crippen molar-refractivity contribution in [3.8, 4) is 11.1 Å². The van der Waals surface area contributed by atoms with Crippen LogP contribution >= 0.6 is 23.5 Å². The topological polar surface area (TPSA) is 3.24 Å². The van der Waals surface area contributed by atoms with Gasteiger partial charge in [0.1, 0.15) is 0 Å². The van der Waals surface area contributed by atoms with Gasteiger partial charge in [0.05, 0.1) is 0 Å². The molecule has 236 valence electrons. The van der Waals surface area contributed by atoms with Crippen LogP contribution in [0.25, 0.3) is 21.9 Å². The zero-order chi connectivity index (χ0) is 33.1. The Balaban J connectivity index is 1.19. The summed E-state index contributed by atoms with van der Waals surface area (Å²) in [6.45, 7) is 0. The van der Waals surface area contributed by atoms with Crippen LogP contribution in [-0.2, 0) is 0 Å². The van der Waals surface area contributed by atoms with Crippen LogP contribution in [0.4, 0.5) is 17.1 Å². The zero-order valence-electron chi connectivity index (χ0n) is 27.2. The van der Waals surface area contributed by atoms with Crippen LogP contribution in [0.2, 0.25) is 0 Å². The second kappa shape index (κ2) is 12.0. The average Bonchev–Trinajstić information content (AvgIpc) is 3.18. The predicted molar refractivity (Wildman–Crippen MR) is 216 cm³/mol. The van der Waals surface area contributed by atoms with E-state index in [0.29, 0.717) is 0 Å². The normalized spacial score (nSPS) is 13.6. The third-order valence-electron chi connectivity index (χ3n) is 10.2. The van der Waals surface area contributed by atoms with E-state index in [0.717, 1.165) is 11.4 Å². The van der Waals surface area contributed by atoms with Crippen molar-refractivity contribution in [1.82, 2.24) is 0 Å². The van der Waals surface area contributed by atoms with E-state index in [9.17, 15) is 0 Å². The molecule has 4 heteroatoms. The number of benzene rings is 8. The van der Waals surface area contributed by atoms with Gasteiger partial charge in [0, 0.05) is 36.6 Å². The number of hydrogen-bond donors (Lipinski definition) is 0. The minimum absolute atomic E-state index is 1.14. The first-order chi connectivity index (χ1) is 24.8. The van der Waals surface area contributed by atoms with E-state index < -0.39 is 8.07 Å². The Morgan fingerprint density at radius 3 is 1.52 bits per heavy atom. The number of anilines is 3. The molecule has 0 radical (unpaired) electrons. The molecule has 8 aromatic carbocycles. The molecule has 0 bridgehead atoms. The minimum atomic E-state index is -2.68. The van der Waals surface area contributed by atoms with Gasteiger partial charge in [0.15, 0.2) is 8.07 Å². The Hall–Kier alpha value is -5.26. The van der Waals surface area contributed by atoms with Crippen LogP contribution in [0, 0.1) is 0 Å². The molecule has 8 aromatic rings. The minimum Gasteiger partial charge on any atom is -0.311 e. The quantitative estimate of drug-likeness (QED) is 0.169. The van der Waals surface area contributed by atoms with Crippen molar-refractivity contribution in [2.45, 2.75) is 19.6 Å². The largest absolute Gasteiger partial charge is 0.311 e. The molecule has 0 unspecified atom stereocenters. The number of hydrogen-bond acceptors (Lipinski definition) is 3. The van der Waals surface area contributed by atoms with E-state index in [1.165, 1.54) is 67.9 Å². The van der Waals surface area contributed by atoms with Gasteiger partial charge in [-0.1, -0.05) is 151 Å². The molecule has 0 aromatic heterocycles. The van der Waals surface area contributed by atoms with E-state index in [1.807, 2.05) is 23.5 Å². The van der Waals surface area contributed by atoms with Crippen molar-refractivity contribution in [1.29, 1.82) is 0 Å². The van der Waals surface area contributed by atoms with Crippen molar-refractivity contribution in [3.05, 3.63) is 188 Å². The van der Waals surface area contributed by atoms with Crippen LogP contribution in [0.3, 0.4) is 0 Å². The van der Waals surface area contributed by atoms with E-state index in [4.69, 9.17) is 0 Å². The first-order valence-electron chi connectivity index (χ1n) is 17.0. The monoisotopic (exact) mass is 689 g/mol. The molecule has 0 atom stereocenters. The lowest BCUT2D eigenvalue weighted by Crippen LogP contribution is -2.78. The fraction of sp³-hybridized carbons (Fsp3) is 0. The van der Waals surface area contributed by atoms with Gasteiger partial charge in [-0.05, 0) is 103 Å². The Bertz CT molecular complexity index is 2450. The summed E-state index contributed by atoms with van der Waals surface area (Å²) < 4.78 is 0. The van der Waals surface area contributed by atoms with E-state index in [-0.39, 0.29) is 0 Å². The second-order valence-electron chi connectivity index (χ2n) is 12.9. The molecule has 2 aliphatic rings. The first-order valence-corrected chi connectivity index (χ1v) is 20.6. The van der Waals surface area contributed by atoms with Gasteiger partial charge in [0.2, 0.25) is 0 Å². The molecule has 50 heavy (non-hydrogen) atoms. The van der Waals surface area contributed by atoms with Gasteiger partial charge in [-0.25, -0.2) is 0 Å². The first kappa shape index (κ1) is 29.6. The molecule has 2 heterocycles. The predicted octanol–water partition coefficient (Wildman–Crippen LogP) is 10.3. The van der Waals surface area contributed by atoms with Crippen LogP contribution in [-0.4, -0.2) is 8.07 Å². The molecule has 1 spiro atoms. The van der Waals surface area contributed by atoms with Gasteiger partial charge in [-0.3, -0.25) is 0 Å². The SMILES string of the molecule is c1ccc(N(c2ccc(-c3cccc4ccccc34)cc2)c2ccc3c(c2)[Si]2(c4ccccc4Sc4ccccc42)c2ccccc2S3)cc1. The molecule has 0 aliphatic carbocycles. The maximum atomic E-state index is 2.53. The van der Waals surface area contributed by atoms with Crippen LogP contribution in [0.1, 0.15) is 0 Å². The fourth-order valence-electron chi connectivity index (χ4n) is 8.03. The van der Waals surface area contributed by atoms with Crippen molar-refractivity contribution in [2.24, 2.45) is 0 Å². The summed E-state index contributed by atoms with van der Waals surface area (Å²) in [6, 6.07) is 69.9. The summed E-state index contributed by atoms with van der Waals surface area (Å²) in [7, 11) is -2.68. The van der Waals surface area contributed by atoms with E-state index in [1.54, 1.807) is 0 Å². The number of nitrogens with zero attached hydrogens (tertiary/aromatic N) is 1. The highest BCUT2D eigenvalue weighted by Crippen LogP contribution is 2.42. The molecule has 0 saturated heterocycles. The maximum Gasteiger partial charge on any atom is 0.184 e. The molecular formula is C46H31NS2Si. The zero-order valence-corrected chi connectivity index (χ0v) is 29.8. The number of fused-ring (bicyclic) bond motifs is 9. The highest BCUT2D eigenvalue weighted by atomic mass is 32.2. The summed E-state index contributed by atoms with van der Waals surface area (Å²) >= 11 is 3.84. The van der Waals surface area contributed by atoms with E-state index >= 15 is 0 Å². The molecule has 0 N–H and O–H groups in total. The van der Waals surface area contributed by atoms with Gasteiger partial charge in [0.25, 0.3) is 0 Å². The standard InChI is InChI=1S/C46H31NS2Si/c1-2-15-34(16-3-1)47(35-27-25-33(26-28-35)38-18-12-14-32-13-4-5-17-37(32)38)36-29-30-42-46(31-36)50(45-24-11-8-21-41(45)49-42)43-22-9-6-19-39(43)48-40-20-7-10-23-44(40)50/h1-31H. The van der Waals surface area contributed by atoms with Gasteiger partial charge in [-0.15, -0.1) is 0 Å². The summed E-state index contributed by atoms with van der Waals surface area (Å²) in [5, 5.41) is 8.46. The highest BCUT2D eigenvalue weighted by molar-refractivity contribution is 8.01. The molecule has 0 saturated carbocycles. The lowest BCUT2D eigenvalue weighted by Gasteiger charge is -2.44. The smallest absolute Gasteiger partial charge is 0.184 e. The lowest BCUT2D eigenvalue weighted by molar-refractivity contribution is 1.27. The van der Waals surface area contributed by atoms with Gasteiger partial charge in [-0.2, -0.15) is 0 Å². The molecule has 0 fully saturated rings. The number of rotatable bonds is 4. The molecule has 10 rings (SSSR count). The van der Waals surface area contributed by atoms with Gasteiger partial charge < -0.3 is 4.90 Å². The molecule has 2 aliphatic heterocycles. The summed E-state index contributed by atoms with van der Waals surface area (Å²) in [6.07, 6.45) is 0. The molecule has 1 nitrogen and oxygen atoms in total. The third-order valence-corrected chi connectivity index (χ3v) is 18.2. The number of para-hydroxylation sites is 1. The van der Waals surface area contributed by atoms with Crippen molar-refractivity contribution in [2.75, 3.05) is 4.90 Å². The third kappa shape index (κ3) is 4.56. The van der Waals surface area contributed by atoms with Crippen molar-refractivity contribution >= 4 is 80.2 Å². The summed E-state index contributed by atoms with van der Waals surface area (Å²) in [5.41, 5.74) is 5.93. The Kier molecular flexibility index (Phi) is 7.09. The Morgan fingerprint density at radius 1 is 0.360 bits per heavy atom. The summed E-state index contributed by atoms with van der Waals surface area (Å²) in [4.78, 5) is 7.91. The molecule has 0 amide bonds. The maximum absolute atomic E-state index is 2.68. The Labute approximate surface area is 302 Å². The van der Waals surface area contributed by atoms with Gasteiger partial charge >= 0.3 is 0 Å². The fourth-order valence-corrected chi connectivity index (χ4v) is 17.2. The molecular weight excluding hydrogens is 659 g/mol. The lowest BCUT2D eigenvalue weighted by atomic mass is 9.98. The van der Waals surface area contributed by atoms with Crippen LogP contribution in [0.15, 0.2) is 208 Å². The van der Waals surface area contributed by atoms with Crippen molar-refractivity contribution < 1.29 is 0 Å². The average molecular weight is 690 g/mol. The van der Waals surface area contributed by atoms with E-state index in [2.05, 4.69) is 193 Å².